The van der Waals surface area contributed by atoms with Gasteiger partial charge in [-0.1, -0.05) is 18.2 Å². The van der Waals surface area contributed by atoms with Crippen molar-refractivity contribution in [3.8, 4) is 0 Å². The Labute approximate surface area is 111 Å². The molecule has 1 aromatic carbocycles. The maximum Gasteiger partial charge on any atom is 0.272 e. The molecule has 0 radical (unpaired) electrons. The second-order valence-electron chi connectivity index (χ2n) is 4.26. The molecule has 2 rings (SSSR count). The summed E-state index contributed by atoms with van der Waals surface area (Å²) in [5, 5.41) is 6.84. The molecule has 0 saturated heterocycles. The third-order valence-electron chi connectivity index (χ3n) is 2.91. The molecule has 0 atom stereocenters. The van der Waals surface area contributed by atoms with E-state index in [-0.39, 0.29) is 18.3 Å². The van der Waals surface area contributed by atoms with Gasteiger partial charge in [0.1, 0.15) is 11.5 Å². The number of aryl methyl sites for hydroxylation is 2. The average molecular weight is 261 g/mol. The van der Waals surface area contributed by atoms with Crippen LogP contribution in [0.4, 0.5) is 4.39 Å². The van der Waals surface area contributed by atoms with Crippen LogP contribution in [-0.2, 0) is 13.1 Å². The highest BCUT2D eigenvalue weighted by atomic mass is 19.1. The Morgan fingerprint density at radius 3 is 2.79 bits per heavy atom. The summed E-state index contributed by atoms with van der Waals surface area (Å²) in [5.41, 5.74) is 1.75. The largest absolute Gasteiger partial charge is 0.346 e. The van der Waals surface area contributed by atoms with Crippen LogP contribution in [0.3, 0.4) is 0 Å². The van der Waals surface area contributed by atoms with Crippen molar-refractivity contribution in [1.29, 1.82) is 0 Å². The fourth-order valence-corrected chi connectivity index (χ4v) is 1.85. The van der Waals surface area contributed by atoms with E-state index < -0.39 is 0 Å². The van der Waals surface area contributed by atoms with Crippen LogP contribution >= 0.6 is 0 Å². The smallest absolute Gasteiger partial charge is 0.272 e. The summed E-state index contributed by atoms with van der Waals surface area (Å²) in [6.07, 6.45) is 0. The molecular formula is C14H16FN3O. The predicted octanol–water partition coefficient (Wildman–Crippen LogP) is 2.28. The number of rotatable bonds is 4. The van der Waals surface area contributed by atoms with Crippen molar-refractivity contribution in [3.63, 3.8) is 0 Å². The highest BCUT2D eigenvalue weighted by molar-refractivity contribution is 5.92. The summed E-state index contributed by atoms with van der Waals surface area (Å²) in [7, 11) is 0. The van der Waals surface area contributed by atoms with Crippen LogP contribution in [0.25, 0.3) is 0 Å². The molecule has 100 valence electrons. The van der Waals surface area contributed by atoms with E-state index in [4.69, 9.17) is 0 Å². The van der Waals surface area contributed by atoms with E-state index in [1.165, 1.54) is 6.07 Å². The zero-order valence-corrected chi connectivity index (χ0v) is 11.0. The molecule has 2 aromatic rings. The number of nitrogens with zero attached hydrogens (tertiary/aromatic N) is 2. The fraction of sp³-hybridized carbons (Fsp3) is 0.286. The zero-order valence-electron chi connectivity index (χ0n) is 11.0. The van der Waals surface area contributed by atoms with Crippen molar-refractivity contribution in [2.24, 2.45) is 0 Å². The van der Waals surface area contributed by atoms with E-state index >= 15 is 0 Å². The first kappa shape index (κ1) is 13.3. The first-order valence-corrected chi connectivity index (χ1v) is 6.18. The van der Waals surface area contributed by atoms with E-state index in [2.05, 4.69) is 10.4 Å². The monoisotopic (exact) mass is 261 g/mol. The van der Waals surface area contributed by atoms with Crippen LogP contribution in [0.1, 0.15) is 28.7 Å². The number of hydrogen-bond acceptors (Lipinski definition) is 2. The predicted molar refractivity (Wildman–Crippen MR) is 70.2 cm³/mol. The molecule has 0 saturated carbocycles. The molecule has 19 heavy (non-hydrogen) atoms. The van der Waals surface area contributed by atoms with E-state index in [0.717, 1.165) is 5.69 Å². The molecule has 1 amide bonds. The fourth-order valence-electron chi connectivity index (χ4n) is 1.85. The second kappa shape index (κ2) is 5.65. The summed E-state index contributed by atoms with van der Waals surface area (Å²) in [4.78, 5) is 11.9. The molecule has 0 aliphatic heterocycles. The number of amides is 1. The van der Waals surface area contributed by atoms with E-state index in [1.54, 1.807) is 28.9 Å². The minimum Gasteiger partial charge on any atom is -0.346 e. The van der Waals surface area contributed by atoms with Gasteiger partial charge in [-0.05, 0) is 26.0 Å². The van der Waals surface area contributed by atoms with Crippen molar-refractivity contribution in [1.82, 2.24) is 15.1 Å². The van der Waals surface area contributed by atoms with Crippen LogP contribution < -0.4 is 5.32 Å². The van der Waals surface area contributed by atoms with Gasteiger partial charge in [-0.2, -0.15) is 5.10 Å². The standard InChI is InChI=1S/C14H16FN3O/c1-3-18-10(2)8-13(17-18)14(19)16-9-11-6-4-5-7-12(11)15/h4-8H,3,9H2,1-2H3,(H,16,19). The molecule has 5 heteroatoms. The lowest BCUT2D eigenvalue weighted by molar-refractivity contribution is 0.0945. The summed E-state index contributed by atoms with van der Waals surface area (Å²) in [5.74, 6) is -0.614. The first-order chi connectivity index (χ1) is 9.11. The summed E-state index contributed by atoms with van der Waals surface area (Å²) >= 11 is 0. The van der Waals surface area contributed by atoms with Gasteiger partial charge >= 0.3 is 0 Å². The number of carbonyl (C=O) groups excluding carboxylic acids is 1. The number of nitrogens with one attached hydrogen (secondary N) is 1. The lowest BCUT2D eigenvalue weighted by Crippen LogP contribution is -2.24. The molecule has 4 nitrogen and oxygen atoms in total. The van der Waals surface area contributed by atoms with Gasteiger partial charge in [0.25, 0.3) is 5.91 Å². The molecule has 0 unspecified atom stereocenters. The lowest BCUT2D eigenvalue weighted by atomic mass is 10.2. The van der Waals surface area contributed by atoms with Crippen molar-refractivity contribution >= 4 is 5.91 Å². The lowest BCUT2D eigenvalue weighted by Gasteiger charge is -2.04. The molecule has 0 aliphatic carbocycles. The second-order valence-corrected chi connectivity index (χ2v) is 4.26. The molecule has 1 N–H and O–H groups in total. The number of aromatic nitrogens is 2. The Bertz CT molecular complexity index is 592. The van der Waals surface area contributed by atoms with Crippen molar-refractivity contribution in [3.05, 3.63) is 53.1 Å². The highest BCUT2D eigenvalue weighted by Crippen LogP contribution is 2.07. The number of carbonyl (C=O) groups is 1. The van der Waals surface area contributed by atoms with Crippen LogP contribution in [0.15, 0.2) is 30.3 Å². The van der Waals surface area contributed by atoms with Gasteiger partial charge in [0.2, 0.25) is 0 Å². The summed E-state index contributed by atoms with van der Waals surface area (Å²) in [6.45, 7) is 4.72. The van der Waals surface area contributed by atoms with Gasteiger partial charge in [0.05, 0.1) is 0 Å². The van der Waals surface area contributed by atoms with Gasteiger partial charge in [0.15, 0.2) is 0 Å². The first-order valence-electron chi connectivity index (χ1n) is 6.18. The van der Waals surface area contributed by atoms with Gasteiger partial charge in [-0.15, -0.1) is 0 Å². The quantitative estimate of drug-likeness (QED) is 0.917. The van der Waals surface area contributed by atoms with Gasteiger partial charge in [0, 0.05) is 24.3 Å². The Balaban J connectivity index is 2.03. The summed E-state index contributed by atoms with van der Waals surface area (Å²) in [6, 6.07) is 8.09. The number of halogens is 1. The number of benzene rings is 1. The zero-order chi connectivity index (χ0) is 13.8. The van der Waals surface area contributed by atoms with Crippen LogP contribution in [0.2, 0.25) is 0 Å². The van der Waals surface area contributed by atoms with Gasteiger partial charge in [-0.3, -0.25) is 9.48 Å². The molecule has 1 heterocycles. The van der Waals surface area contributed by atoms with E-state index in [0.29, 0.717) is 17.8 Å². The van der Waals surface area contributed by atoms with Crippen molar-refractivity contribution < 1.29 is 9.18 Å². The average Bonchev–Trinajstić information content (AvgIpc) is 2.79. The van der Waals surface area contributed by atoms with E-state index in [1.807, 2.05) is 13.8 Å². The highest BCUT2D eigenvalue weighted by Gasteiger charge is 2.12. The maximum absolute atomic E-state index is 13.4. The molecule has 0 spiro atoms. The molecule has 0 aliphatic rings. The van der Waals surface area contributed by atoms with E-state index in [9.17, 15) is 9.18 Å². The Hall–Kier alpha value is -2.17. The molecular weight excluding hydrogens is 245 g/mol. The van der Waals surface area contributed by atoms with Crippen LogP contribution in [0, 0.1) is 12.7 Å². The SMILES string of the molecule is CCn1nc(C(=O)NCc2ccccc2F)cc1C. The van der Waals surface area contributed by atoms with Crippen LogP contribution in [-0.4, -0.2) is 15.7 Å². The normalized spacial score (nSPS) is 10.5. The Morgan fingerprint density at radius 1 is 1.42 bits per heavy atom. The van der Waals surface area contributed by atoms with Gasteiger partial charge in [-0.25, -0.2) is 4.39 Å². The molecule has 0 bridgehead atoms. The molecule has 0 fully saturated rings. The third kappa shape index (κ3) is 2.99. The minimum atomic E-state index is -0.321. The maximum atomic E-state index is 13.4. The third-order valence-corrected chi connectivity index (χ3v) is 2.91. The molecule has 1 aromatic heterocycles. The Kier molecular flexibility index (Phi) is 3.94. The minimum absolute atomic E-state index is 0.156. The topological polar surface area (TPSA) is 46.9 Å². The number of hydrogen-bond donors (Lipinski definition) is 1. The van der Waals surface area contributed by atoms with Crippen molar-refractivity contribution in [2.75, 3.05) is 0 Å². The Morgan fingerprint density at radius 2 is 2.16 bits per heavy atom. The van der Waals surface area contributed by atoms with Crippen LogP contribution in [0.5, 0.6) is 0 Å². The summed E-state index contributed by atoms with van der Waals surface area (Å²) < 4.78 is 15.1. The van der Waals surface area contributed by atoms with Crippen molar-refractivity contribution in [2.45, 2.75) is 26.9 Å². The van der Waals surface area contributed by atoms with Gasteiger partial charge < -0.3 is 5.32 Å².